The molecule has 142 valence electrons. The van der Waals surface area contributed by atoms with E-state index in [9.17, 15) is 14.0 Å². The van der Waals surface area contributed by atoms with E-state index in [4.69, 9.17) is 4.74 Å². The van der Waals surface area contributed by atoms with Crippen molar-refractivity contribution in [3.8, 4) is 5.75 Å². The van der Waals surface area contributed by atoms with Gasteiger partial charge in [0.15, 0.2) is 0 Å². The monoisotopic (exact) mass is 371 g/mol. The van der Waals surface area contributed by atoms with Crippen molar-refractivity contribution in [2.45, 2.75) is 25.4 Å². The predicted octanol–water partition coefficient (Wildman–Crippen LogP) is 3.15. The Hall–Kier alpha value is -3.09. The van der Waals surface area contributed by atoms with Gasteiger partial charge in [0, 0.05) is 18.8 Å². The number of likely N-dealkylation sites (tertiary alicyclic amines) is 1. The fourth-order valence-electron chi connectivity index (χ4n) is 3.06. The Balaban J connectivity index is 1.56. The minimum absolute atomic E-state index is 0.183. The topological polar surface area (TPSA) is 70.7 Å². The first-order chi connectivity index (χ1) is 13.1. The molecule has 1 aliphatic heterocycles. The molecule has 2 N–H and O–H groups in total. The van der Waals surface area contributed by atoms with Crippen LogP contribution in [0, 0.1) is 5.82 Å². The number of methoxy groups -OCH3 is 1. The maximum Gasteiger partial charge on any atom is 0.322 e. The quantitative estimate of drug-likeness (QED) is 0.848. The van der Waals surface area contributed by atoms with E-state index in [0.717, 1.165) is 17.7 Å². The number of rotatable bonds is 5. The normalized spacial score (nSPS) is 16.1. The molecule has 1 atom stereocenters. The third-order valence-electron chi connectivity index (χ3n) is 4.54. The SMILES string of the molecule is COc1ccc(CNC(=O)[C@H]2CCCN2C(=O)Nc2ccc(F)cc2)cc1. The molecule has 0 spiro atoms. The zero-order valence-corrected chi connectivity index (χ0v) is 15.1. The van der Waals surface area contributed by atoms with E-state index < -0.39 is 6.04 Å². The van der Waals surface area contributed by atoms with Crippen LogP contribution in [0.3, 0.4) is 0 Å². The minimum Gasteiger partial charge on any atom is -0.497 e. The molecule has 6 nitrogen and oxygen atoms in total. The first-order valence-corrected chi connectivity index (χ1v) is 8.80. The van der Waals surface area contributed by atoms with Crippen LogP contribution >= 0.6 is 0 Å². The van der Waals surface area contributed by atoms with Gasteiger partial charge in [0.05, 0.1) is 7.11 Å². The molecule has 0 aliphatic carbocycles. The van der Waals surface area contributed by atoms with E-state index in [1.807, 2.05) is 24.3 Å². The Morgan fingerprint density at radius 1 is 1.15 bits per heavy atom. The largest absolute Gasteiger partial charge is 0.497 e. The molecule has 3 amide bonds. The van der Waals surface area contributed by atoms with Gasteiger partial charge < -0.3 is 20.3 Å². The van der Waals surface area contributed by atoms with Crippen LogP contribution in [0.1, 0.15) is 18.4 Å². The van der Waals surface area contributed by atoms with Gasteiger partial charge in [0.2, 0.25) is 5.91 Å². The number of carbonyl (C=O) groups is 2. The highest BCUT2D eigenvalue weighted by atomic mass is 19.1. The molecule has 0 saturated carbocycles. The molecule has 1 fully saturated rings. The number of halogens is 1. The number of hydrogen-bond donors (Lipinski definition) is 2. The molecule has 2 aromatic carbocycles. The van der Waals surface area contributed by atoms with Gasteiger partial charge in [0.1, 0.15) is 17.6 Å². The van der Waals surface area contributed by atoms with Crippen LogP contribution in [0.2, 0.25) is 0 Å². The molecule has 0 bridgehead atoms. The van der Waals surface area contributed by atoms with Crippen molar-refractivity contribution in [1.29, 1.82) is 0 Å². The average Bonchev–Trinajstić information content (AvgIpc) is 3.18. The summed E-state index contributed by atoms with van der Waals surface area (Å²) in [7, 11) is 1.60. The highest BCUT2D eigenvalue weighted by molar-refractivity contribution is 5.94. The van der Waals surface area contributed by atoms with Gasteiger partial charge in [-0.3, -0.25) is 4.79 Å². The molecule has 0 unspecified atom stereocenters. The van der Waals surface area contributed by atoms with Crippen molar-refractivity contribution >= 4 is 17.6 Å². The number of amides is 3. The number of nitrogens with one attached hydrogen (secondary N) is 2. The second kappa shape index (κ2) is 8.53. The van der Waals surface area contributed by atoms with Gasteiger partial charge in [-0.2, -0.15) is 0 Å². The van der Waals surface area contributed by atoms with E-state index in [1.165, 1.54) is 29.2 Å². The molecule has 1 aliphatic rings. The predicted molar refractivity (Wildman–Crippen MR) is 100.0 cm³/mol. The van der Waals surface area contributed by atoms with Crippen LogP contribution in [-0.2, 0) is 11.3 Å². The smallest absolute Gasteiger partial charge is 0.322 e. The zero-order chi connectivity index (χ0) is 19.2. The summed E-state index contributed by atoms with van der Waals surface area (Å²) in [6, 6.07) is 12.1. The van der Waals surface area contributed by atoms with Crippen molar-refractivity contribution in [2.75, 3.05) is 19.0 Å². The maximum atomic E-state index is 13.0. The molecule has 2 aromatic rings. The molecular weight excluding hydrogens is 349 g/mol. The molecular formula is C20H22FN3O3. The summed E-state index contributed by atoms with van der Waals surface area (Å²) in [4.78, 5) is 26.6. The van der Waals surface area contributed by atoms with Gasteiger partial charge in [-0.1, -0.05) is 12.1 Å². The summed E-state index contributed by atoms with van der Waals surface area (Å²) in [6.45, 7) is 0.889. The van der Waals surface area contributed by atoms with Crippen LogP contribution in [0.15, 0.2) is 48.5 Å². The van der Waals surface area contributed by atoms with Gasteiger partial charge in [-0.05, 0) is 54.8 Å². The second-order valence-electron chi connectivity index (χ2n) is 6.35. The Morgan fingerprint density at radius 2 is 1.85 bits per heavy atom. The molecule has 7 heteroatoms. The van der Waals surface area contributed by atoms with Crippen molar-refractivity contribution < 1.29 is 18.7 Å². The summed E-state index contributed by atoms with van der Waals surface area (Å²) in [5.41, 5.74) is 1.44. The minimum atomic E-state index is -0.510. The van der Waals surface area contributed by atoms with E-state index >= 15 is 0 Å². The zero-order valence-electron chi connectivity index (χ0n) is 15.1. The molecule has 27 heavy (non-hydrogen) atoms. The third kappa shape index (κ3) is 4.75. The maximum absolute atomic E-state index is 13.0. The Morgan fingerprint density at radius 3 is 2.52 bits per heavy atom. The Kier molecular flexibility index (Phi) is 5.90. The van der Waals surface area contributed by atoms with Gasteiger partial charge >= 0.3 is 6.03 Å². The van der Waals surface area contributed by atoms with Crippen molar-refractivity contribution in [3.63, 3.8) is 0 Å². The Labute approximate surface area is 157 Å². The van der Waals surface area contributed by atoms with Crippen molar-refractivity contribution in [2.24, 2.45) is 0 Å². The van der Waals surface area contributed by atoms with Gasteiger partial charge in [0.25, 0.3) is 0 Å². The summed E-state index contributed by atoms with van der Waals surface area (Å²) >= 11 is 0. The standard InChI is InChI=1S/C20H22FN3O3/c1-27-17-10-4-14(5-11-17)13-22-19(25)18-3-2-12-24(18)20(26)23-16-8-6-15(21)7-9-16/h4-11,18H,2-3,12-13H2,1H3,(H,22,25)(H,23,26)/t18-/m1/s1. The summed E-state index contributed by atoms with van der Waals surface area (Å²) in [6.07, 6.45) is 1.38. The fraction of sp³-hybridized carbons (Fsp3) is 0.300. The van der Waals surface area contributed by atoms with Gasteiger partial charge in [-0.15, -0.1) is 0 Å². The second-order valence-corrected chi connectivity index (χ2v) is 6.35. The van der Waals surface area contributed by atoms with Crippen LogP contribution in [0.25, 0.3) is 0 Å². The molecule has 1 saturated heterocycles. The number of carbonyl (C=O) groups excluding carboxylic acids is 2. The van der Waals surface area contributed by atoms with Crippen molar-refractivity contribution in [1.82, 2.24) is 10.2 Å². The van der Waals surface area contributed by atoms with E-state index in [0.29, 0.717) is 25.2 Å². The first kappa shape index (κ1) is 18.7. The van der Waals surface area contributed by atoms with E-state index in [-0.39, 0.29) is 17.8 Å². The number of hydrogen-bond acceptors (Lipinski definition) is 3. The summed E-state index contributed by atoms with van der Waals surface area (Å²) < 4.78 is 18.1. The highest BCUT2D eigenvalue weighted by Gasteiger charge is 2.34. The summed E-state index contributed by atoms with van der Waals surface area (Å²) in [5.74, 6) is 0.201. The Bertz CT molecular complexity index is 793. The van der Waals surface area contributed by atoms with Crippen molar-refractivity contribution in [3.05, 3.63) is 59.9 Å². The first-order valence-electron chi connectivity index (χ1n) is 8.80. The number of anilines is 1. The fourth-order valence-corrected chi connectivity index (χ4v) is 3.06. The van der Waals surface area contributed by atoms with Crippen LogP contribution < -0.4 is 15.4 Å². The third-order valence-corrected chi connectivity index (χ3v) is 4.54. The van der Waals surface area contributed by atoms with Crippen LogP contribution in [0.5, 0.6) is 5.75 Å². The molecule has 0 aromatic heterocycles. The molecule has 1 heterocycles. The highest BCUT2D eigenvalue weighted by Crippen LogP contribution is 2.20. The number of ether oxygens (including phenoxy) is 1. The number of urea groups is 1. The van der Waals surface area contributed by atoms with E-state index in [1.54, 1.807) is 7.11 Å². The lowest BCUT2D eigenvalue weighted by Gasteiger charge is -2.24. The van der Waals surface area contributed by atoms with E-state index in [2.05, 4.69) is 10.6 Å². The lowest BCUT2D eigenvalue weighted by atomic mass is 10.2. The lowest BCUT2D eigenvalue weighted by molar-refractivity contribution is -0.124. The van der Waals surface area contributed by atoms with Gasteiger partial charge in [-0.25, -0.2) is 9.18 Å². The summed E-state index contributed by atoms with van der Waals surface area (Å²) in [5, 5.41) is 5.59. The molecule has 3 rings (SSSR count). The number of nitrogens with zero attached hydrogens (tertiary/aromatic N) is 1. The number of benzene rings is 2. The lowest BCUT2D eigenvalue weighted by Crippen LogP contribution is -2.47. The van der Waals surface area contributed by atoms with Crippen LogP contribution in [0.4, 0.5) is 14.9 Å². The van der Waals surface area contributed by atoms with Crippen LogP contribution in [-0.4, -0.2) is 36.5 Å². The average molecular weight is 371 g/mol. The molecule has 0 radical (unpaired) electrons.